The van der Waals surface area contributed by atoms with E-state index in [1.165, 1.54) is 38.5 Å². The van der Waals surface area contributed by atoms with E-state index in [1.807, 2.05) is 0 Å². The van der Waals surface area contributed by atoms with Gasteiger partial charge in [-0.25, -0.2) is 9.95 Å². The van der Waals surface area contributed by atoms with Gasteiger partial charge in [-0.15, -0.1) is 0 Å². The summed E-state index contributed by atoms with van der Waals surface area (Å²) < 4.78 is 4.84. The lowest BCUT2D eigenvalue weighted by Crippen LogP contribution is -2.22. The quantitative estimate of drug-likeness (QED) is 0.663. The maximum Gasteiger partial charge on any atom is 0.357 e. The van der Waals surface area contributed by atoms with E-state index in [1.54, 1.807) is 6.07 Å². The molecule has 0 aliphatic rings. The van der Waals surface area contributed by atoms with E-state index in [-0.39, 0.29) is 11.0 Å². The highest BCUT2D eigenvalue weighted by molar-refractivity contribution is 5.12. The van der Waals surface area contributed by atoms with Gasteiger partial charge >= 0.3 is 5.63 Å². The smallest absolute Gasteiger partial charge is 0.339 e. The van der Waals surface area contributed by atoms with Crippen molar-refractivity contribution in [2.45, 2.75) is 77.6 Å². The highest BCUT2D eigenvalue weighted by atomic mass is 16.5. The first-order valence-electron chi connectivity index (χ1n) is 7.31. The maximum atomic E-state index is 11.2. The Balaban J connectivity index is 2.65. The zero-order valence-corrected chi connectivity index (χ0v) is 12.1. The summed E-state index contributed by atoms with van der Waals surface area (Å²) in [6, 6.07) is 1.62. The molecule has 3 heteroatoms. The standard InChI is InChI=1S/C15H27NO2/c1-4-6-8-9-11-15(3,10-7-5-2)13-12-14(17)18-16-13/h12,16H,4-11H2,1-3H3. The normalized spacial score (nSPS) is 14.6. The van der Waals surface area contributed by atoms with Crippen LogP contribution in [0.3, 0.4) is 0 Å². The molecule has 0 amide bonds. The topological polar surface area (TPSA) is 46.0 Å². The first-order valence-corrected chi connectivity index (χ1v) is 7.31. The number of unbranched alkanes of at least 4 members (excludes halogenated alkanes) is 4. The maximum absolute atomic E-state index is 11.2. The third kappa shape index (κ3) is 4.35. The second-order valence-corrected chi connectivity index (χ2v) is 5.56. The zero-order chi connectivity index (χ0) is 13.4. The van der Waals surface area contributed by atoms with Gasteiger partial charge in [0.25, 0.3) is 0 Å². The van der Waals surface area contributed by atoms with Gasteiger partial charge in [0.2, 0.25) is 0 Å². The highest BCUT2D eigenvalue weighted by Gasteiger charge is 2.28. The average molecular weight is 253 g/mol. The van der Waals surface area contributed by atoms with Gasteiger partial charge in [-0.2, -0.15) is 0 Å². The molecular weight excluding hydrogens is 226 g/mol. The van der Waals surface area contributed by atoms with Crippen LogP contribution in [0.5, 0.6) is 0 Å². The summed E-state index contributed by atoms with van der Waals surface area (Å²) in [5.74, 6) is 0. The predicted molar refractivity (Wildman–Crippen MR) is 75.0 cm³/mol. The molecule has 0 aliphatic carbocycles. The van der Waals surface area contributed by atoms with Crippen LogP contribution in [0.1, 0.15) is 77.8 Å². The molecule has 1 rings (SSSR count). The van der Waals surface area contributed by atoms with Crippen molar-refractivity contribution in [3.05, 3.63) is 22.2 Å². The Kier molecular flexibility index (Phi) is 6.23. The third-order valence-corrected chi connectivity index (χ3v) is 3.84. The van der Waals surface area contributed by atoms with E-state index in [9.17, 15) is 4.79 Å². The molecule has 1 atom stereocenters. The van der Waals surface area contributed by atoms with Gasteiger partial charge in [-0.3, -0.25) is 0 Å². The number of aromatic amines is 1. The molecule has 104 valence electrons. The Morgan fingerprint density at radius 3 is 2.33 bits per heavy atom. The van der Waals surface area contributed by atoms with Crippen LogP contribution in [0.2, 0.25) is 0 Å². The molecule has 3 nitrogen and oxygen atoms in total. The molecule has 0 spiro atoms. The van der Waals surface area contributed by atoms with Gasteiger partial charge in [-0.05, 0) is 12.8 Å². The van der Waals surface area contributed by atoms with Crippen molar-refractivity contribution in [2.24, 2.45) is 0 Å². The molecule has 1 N–H and O–H groups in total. The number of aromatic nitrogens is 1. The van der Waals surface area contributed by atoms with E-state index in [4.69, 9.17) is 4.52 Å². The van der Waals surface area contributed by atoms with Gasteiger partial charge < -0.3 is 4.52 Å². The number of H-pyrrole nitrogens is 1. The highest BCUT2D eigenvalue weighted by Crippen LogP contribution is 2.33. The number of nitrogens with one attached hydrogen (secondary N) is 1. The predicted octanol–water partition coefficient (Wildman–Crippen LogP) is 4.39. The van der Waals surface area contributed by atoms with Crippen molar-refractivity contribution in [1.82, 2.24) is 5.16 Å². The SMILES string of the molecule is CCCCCCC(C)(CCCC)c1cc(=O)o[nH]1. The van der Waals surface area contributed by atoms with Crippen molar-refractivity contribution in [2.75, 3.05) is 0 Å². The Hall–Kier alpha value is -0.990. The Bertz CT molecular complexity index is 380. The van der Waals surface area contributed by atoms with E-state index in [0.29, 0.717) is 0 Å². The second-order valence-electron chi connectivity index (χ2n) is 5.56. The monoisotopic (exact) mass is 253 g/mol. The first kappa shape index (κ1) is 15.1. The van der Waals surface area contributed by atoms with Crippen molar-refractivity contribution in [3.8, 4) is 0 Å². The fourth-order valence-corrected chi connectivity index (χ4v) is 2.48. The summed E-state index contributed by atoms with van der Waals surface area (Å²) in [5.41, 5.74) is 0.773. The summed E-state index contributed by atoms with van der Waals surface area (Å²) in [5, 5.41) is 2.81. The van der Waals surface area contributed by atoms with Crippen molar-refractivity contribution in [3.63, 3.8) is 0 Å². The van der Waals surface area contributed by atoms with E-state index < -0.39 is 0 Å². The van der Waals surface area contributed by atoms with Crippen LogP contribution in [-0.4, -0.2) is 5.16 Å². The van der Waals surface area contributed by atoms with Crippen LogP contribution < -0.4 is 5.63 Å². The molecule has 0 bridgehead atoms. The molecule has 1 aromatic heterocycles. The molecule has 0 aromatic carbocycles. The lowest BCUT2D eigenvalue weighted by Gasteiger charge is -2.28. The lowest BCUT2D eigenvalue weighted by atomic mass is 9.77. The van der Waals surface area contributed by atoms with E-state index >= 15 is 0 Å². The third-order valence-electron chi connectivity index (χ3n) is 3.84. The van der Waals surface area contributed by atoms with Crippen LogP contribution in [0.15, 0.2) is 15.4 Å². The Morgan fingerprint density at radius 1 is 1.11 bits per heavy atom. The van der Waals surface area contributed by atoms with E-state index in [0.717, 1.165) is 18.5 Å². The molecule has 1 aromatic rings. The van der Waals surface area contributed by atoms with Crippen LogP contribution in [0.4, 0.5) is 0 Å². The molecule has 18 heavy (non-hydrogen) atoms. The van der Waals surface area contributed by atoms with Crippen LogP contribution in [0, 0.1) is 0 Å². The van der Waals surface area contributed by atoms with Gasteiger partial charge in [-0.1, -0.05) is 59.3 Å². The number of hydrogen-bond donors (Lipinski definition) is 1. The molecule has 1 heterocycles. The average Bonchev–Trinajstić information content (AvgIpc) is 2.80. The fraction of sp³-hybridized carbons (Fsp3) is 0.800. The molecule has 0 fully saturated rings. The molecule has 1 unspecified atom stereocenters. The fourth-order valence-electron chi connectivity index (χ4n) is 2.48. The Labute approximate surface area is 110 Å². The van der Waals surface area contributed by atoms with Crippen molar-refractivity contribution >= 4 is 0 Å². The summed E-state index contributed by atoms with van der Waals surface area (Å²) >= 11 is 0. The van der Waals surface area contributed by atoms with Gasteiger partial charge in [0.05, 0.1) is 5.69 Å². The minimum Gasteiger partial charge on any atom is -0.339 e. The zero-order valence-electron chi connectivity index (χ0n) is 12.1. The minimum absolute atomic E-state index is 0.0654. The lowest BCUT2D eigenvalue weighted by molar-refractivity contribution is 0.322. The molecule has 0 radical (unpaired) electrons. The Morgan fingerprint density at radius 2 is 1.78 bits per heavy atom. The summed E-state index contributed by atoms with van der Waals surface area (Å²) in [6.45, 7) is 6.68. The second kappa shape index (κ2) is 7.45. The summed E-state index contributed by atoms with van der Waals surface area (Å²) in [4.78, 5) is 11.2. The first-order chi connectivity index (χ1) is 8.62. The summed E-state index contributed by atoms with van der Waals surface area (Å²) in [7, 11) is 0. The molecule has 0 saturated carbocycles. The van der Waals surface area contributed by atoms with Crippen molar-refractivity contribution < 1.29 is 4.52 Å². The number of hydrogen-bond acceptors (Lipinski definition) is 2. The molecule has 0 aliphatic heterocycles. The molecular formula is C15H27NO2. The minimum atomic E-state index is -0.263. The largest absolute Gasteiger partial charge is 0.357 e. The van der Waals surface area contributed by atoms with Crippen LogP contribution in [0.25, 0.3) is 0 Å². The molecule has 0 saturated heterocycles. The van der Waals surface area contributed by atoms with E-state index in [2.05, 4.69) is 25.9 Å². The van der Waals surface area contributed by atoms with Crippen LogP contribution in [-0.2, 0) is 5.41 Å². The number of rotatable bonds is 9. The van der Waals surface area contributed by atoms with Gasteiger partial charge in [0.1, 0.15) is 0 Å². The van der Waals surface area contributed by atoms with Gasteiger partial charge in [0.15, 0.2) is 0 Å². The van der Waals surface area contributed by atoms with Gasteiger partial charge in [0, 0.05) is 11.5 Å². The van der Waals surface area contributed by atoms with Crippen molar-refractivity contribution in [1.29, 1.82) is 0 Å². The van der Waals surface area contributed by atoms with Crippen LogP contribution >= 0.6 is 0 Å². The summed E-state index contributed by atoms with van der Waals surface area (Å²) in [6.07, 6.45) is 9.68.